The van der Waals surface area contributed by atoms with Gasteiger partial charge in [0.05, 0.1) is 12.2 Å². The molecule has 100 valence electrons. The summed E-state index contributed by atoms with van der Waals surface area (Å²) in [5, 5.41) is 0. The Labute approximate surface area is 101 Å². The number of aromatic amines is 1. The minimum absolute atomic E-state index is 0.00196. The fourth-order valence-electron chi connectivity index (χ4n) is 1.64. The Bertz CT molecular complexity index is 488. The van der Waals surface area contributed by atoms with Gasteiger partial charge in [-0.2, -0.15) is 13.2 Å². The van der Waals surface area contributed by atoms with Crippen molar-refractivity contribution in [1.29, 1.82) is 0 Å². The van der Waals surface area contributed by atoms with Crippen molar-refractivity contribution >= 4 is 11.8 Å². The van der Waals surface area contributed by atoms with Gasteiger partial charge in [0.2, 0.25) is 0 Å². The molecule has 1 heterocycles. The summed E-state index contributed by atoms with van der Waals surface area (Å²) >= 11 is 0. The predicted molar refractivity (Wildman–Crippen MR) is 56.6 cm³/mol. The molecular formula is C11H12F3NO3. The van der Waals surface area contributed by atoms with Gasteiger partial charge in [-0.15, -0.1) is 0 Å². The van der Waals surface area contributed by atoms with Crippen molar-refractivity contribution in [2.24, 2.45) is 0 Å². The molecule has 0 bridgehead atoms. The molecule has 0 amide bonds. The molecule has 1 rings (SSSR count). The normalized spacial score (nSPS) is 11.4. The van der Waals surface area contributed by atoms with Crippen molar-refractivity contribution < 1.29 is 27.5 Å². The van der Waals surface area contributed by atoms with Gasteiger partial charge in [-0.05, 0) is 26.3 Å². The molecule has 0 fully saturated rings. The van der Waals surface area contributed by atoms with Gasteiger partial charge in [0.1, 0.15) is 5.69 Å². The average molecular weight is 263 g/mol. The number of aryl methyl sites for hydroxylation is 1. The Morgan fingerprint density at radius 2 is 1.83 bits per heavy atom. The first-order chi connectivity index (χ1) is 8.20. The first-order valence-electron chi connectivity index (χ1n) is 5.18. The molecule has 0 saturated carbocycles. The van der Waals surface area contributed by atoms with E-state index in [2.05, 4.69) is 9.72 Å². The van der Waals surface area contributed by atoms with Gasteiger partial charge in [0.25, 0.3) is 5.78 Å². The molecule has 1 N–H and O–H groups in total. The highest BCUT2D eigenvalue weighted by Gasteiger charge is 2.42. The lowest BCUT2D eigenvalue weighted by Crippen LogP contribution is -2.23. The Balaban J connectivity index is 3.25. The van der Waals surface area contributed by atoms with Gasteiger partial charge in [-0.25, -0.2) is 4.79 Å². The smallest absolute Gasteiger partial charge is 0.454 e. The summed E-state index contributed by atoms with van der Waals surface area (Å²) in [4.78, 5) is 25.1. The maximum absolute atomic E-state index is 12.4. The number of esters is 1. The summed E-state index contributed by atoms with van der Waals surface area (Å²) in [7, 11) is 0. The molecule has 0 spiro atoms. The van der Waals surface area contributed by atoms with Crippen LogP contribution in [0.1, 0.15) is 39.0 Å². The Hall–Kier alpha value is -1.79. The molecule has 18 heavy (non-hydrogen) atoms. The Morgan fingerprint density at radius 1 is 1.28 bits per heavy atom. The zero-order valence-corrected chi connectivity index (χ0v) is 10.1. The van der Waals surface area contributed by atoms with Crippen LogP contribution < -0.4 is 0 Å². The fraction of sp³-hybridized carbons (Fsp3) is 0.455. The number of ether oxygens (including phenoxy) is 1. The zero-order chi connectivity index (χ0) is 14.1. The molecule has 0 aliphatic rings. The second kappa shape index (κ2) is 4.83. The number of halogens is 3. The molecule has 7 heteroatoms. The van der Waals surface area contributed by atoms with Gasteiger partial charge in [0.15, 0.2) is 0 Å². The summed E-state index contributed by atoms with van der Waals surface area (Å²) in [6.07, 6.45) is -4.97. The highest BCUT2D eigenvalue weighted by molar-refractivity contribution is 6.05. The maximum Gasteiger partial charge on any atom is 0.454 e. The predicted octanol–water partition coefficient (Wildman–Crippen LogP) is 2.55. The Kier molecular flexibility index (Phi) is 3.83. The quantitative estimate of drug-likeness (QED) is 0.673. The molecule has 1 aromatic heterocycles. The number of nitrogens with one attached hydrogen (secondary N) is 1. The molecule has 4 nitrogen and oxygen atoms in total. The number of carbonyl (C=O) groups excluding carboxylic acids is 2. The van der Waals surface area contributed by atoms with Crippen LogP contribution in [0.25, 0.3) is 0 Å². The van der Waals surface area contributed by atoms with Crippen molar-refractivity contribution in [2.45, 2.75) is 26.9 Å². The van der Waals surface area contributed by atoms with E-state index in [1.807, 2.05) is 0 Å². The average Bonchev–Trinajstić information content (AvgIpc) is 2.52. The second-order valence-corrected chi connectivity index (χ2v) is 3.67. The number of aromatic nitrogens is 1. The van der Waals surface area contributed by atoms with E-state index in [1.165, 1.54) is 13.8 Å². The van der Waals surface area contributed by atoms with E-state index in [4.69, 9.17) is 0 Å². The lowest BCUT2D eigenvalue weighted by molar-refractivity contribution is -0.0886. The van der Waals surface area contributed by atoms with E-state index in [1.54, 1.807) is 6.92 Å². The molecule has 0 radical (unpaired) electrons. The monoisotopic (exact) mass is 263 g/mol. The fourth-order valence-corrected chi connectivity index (χ4v) is 1.64. The molecule has 0 saturated heterocycles. The van der Waals surface area contributed by atoms with Crippen molar-refractivity contribution in [1.82, 2.24) is 4.98 Å². The number of alkyl halides is 3. The maximum atomic E-state index is 12.4. The van der Waals surface area contributed by atoms with E-state index in [0.29, 0.717) is 0 Å². The van der Waals surface area contributed by atoms with Crippen LogP contribution in [0, 0.1) is 13.8 Å². The molecular weight excluding hydrogens is 251 g/mol. The summed E-state index contributed by atoms with van der Waals surface area (Å²) in [6, 6.07) is 0. The summed E-state index contributed by atoms with van der Waals surface area (Å²) in [5.74, 6) is -2.75. The molecule has 0 atom stereocenters. The zero-order valence-electron chi connectivity index (χ0n) is 10.1. The van der Waals surface area contributed by atoms with Gasteiger partial charge in [-0.3, -0.25) is 4.79 Å². The third-order valence-electron chi connectivity index (χ3n) is 2.40. The highest BCUT2D eigenvalue weighted by atomic mass is 19.4. The van der Waals surface area contributed by atoms with Gasteiger partial charge >= 0.3 is 12.1 Å². The van der Waals surface area contributed by atoms with Crippen LogP contribution in [0.5, 0.6) is 0 Å². The molecule has 0 unspecified atom stereocenters. The van der Waals surface area contributed by atoms with Crippen LogP contribution in [0.3, 0.4) is 0 Å². The highest BCUT2D eigenvalue weighted by Crippen LogP contribution is 2.27. The molecule has 1 aromatic rings. The number of hydrogen-bond acceptors (Lipinski definition) is 3. The van der Waals surface area contributed by atoms with E-state index >= 15 is 0 Å². The minimum atomic E-state index is -4.97. The van der Waals surface area contributed by atoms with Gasteiger partial charge in [0, 0.05) is 5.69 Å². The van der Waals surface area contributed by atoms with Crippen molar-refractivity contribution in [3.05, 3.63) is 22.5 Å². The van der Waals surface area contributed by atoms with Crippen LogP contribution in [-0.4, -0.2) is 29.5 Å². The second-order valence-electron chi connectivity index (χ2n) is 3.67. The largest absolute Gasteiger partial charge is 0.461 e. The van der Waals surface area contributed by atoms with Crippen molar-refractivity contribution in [2.75, 3.05) is 6.61 Å². The number of ketones is 1. The van der Waals surface area contributed by atoms with Crippen LogP contribution in [-0.2, 0) is 4.74 Å². The van der Waals surface area contributed by atoms with Crippen LogP contribution in [0.4, 0.5) is 13.2 Å². The standard InChI is InChI=1S/C11H12F3NO3/c1-4-18-10(17)8-5(2)7(6(3)15-8)9(16)11(12,13)14/h15H,4H2,1-3H3. The minimum Gasteiger partial charge on any atom is -0.461 e. The summed E-state index contributed by atoms with van der Waals surface area (Å²) in [6.45, 7) is 4.24. The topological polar surface area (TPSA) is 59.2 Å². The van der Waals surface area contributed by atoms with E-state index in [9.17, 15) is 22.8 Å². The van der Waals surface area contributed by atoms with Crippen LogP contribution in [0.2, 0.25) is 0 Å². The number of rotatable bonds is 3. The number of H-pyrrole nitrogens is 1. The summed E-state index contributed by atoms with van der Waals surface area (Å²) < 4.78 is 41.8. The lowest BCUT2D eigenvalue weighted by atomic mass is 10.1. The first kappa shape index (κ1) is 14.3. The Morgan fingerprint density at radius 3 is 2.28 bits per heavy atom. The number of Topliss-reactive ketones (excluding diaryl/α,β-unsaturated/α-hetero) is 1. The van der Waals surface area contributed by atoms with Crippen molar-refractivity contribution in [3.63, 3.8) is 0 Å². The van der Waals surface area contributed by atoms with Crippen LogP contribution >= 0.6 is 0 Å². The summed E-state index contributed by atoms with van der Waals surface area (Å²) in [5.41, 5.74) is -0.696. The van der Waals surface area contributed by atoms with E-state index in [0.717, 1.165) is 0 Å². The molecule has 0 aliphatic heterocycles. The third kappa shape index (κ3) is 2.55. The van der Waals surface area contributed by atoms with E-state index in [-0.39, 0.29) is 23.6 Å². The number of carbonyl (C=O) groups is 2. The third-order valence-corrected chi connectivity index (χ3v) is 2.40. The SMILES string of the molecule is CCOC(=O)c1[nH]c(C)c(C(=O)C(F)(F)F)c1C. The van der Waals surface area contributed by atoms with Crippen molar-refractivity contribution in [3.8, 4) is 0 Å². The molecule has 0 aromatic carbocycles. The van der Waals surface area contributed by atoms with Gasteiger partial charge in [-0.1, -0.05) is 0 Å². The first-order valence-corrected chi connectivity index (χ1v) is 5.18. The van der Waals surface area contributed by atoms with Crippen LogP contribution in [0.15, 0.2) is 0 Å². The number of hydrogen-bond donors (Lipinski definition) is 1. The van der Waals surface area contributed by atoms with Gasteiger partial charge < -0.3 is 9.72 Å². The van der Waals surface area contributed by atoms with E-state index < -0.39 is 23.5 Å². The lowest BCUT2D eigenvalue weighted by Gasteiger charge is -2.05. The molecule has 0 aliphatic carbocycles.